The number of carbonyl (C=O) groups excluding carboxylic acids is 3. The molecule has 2 amide bonds. The molecular formula is C31H56IN3O7. The molecule has 11 heteroatoms. The van der Waals surface area contributed by atoms with Gasteiger partial charge in [0.1, 0.15) is 0 Å². The highest BCUT2D eigenvalue weighted by molar-refractivity contribution is 14.1. The zero-order valence-electron chi connectivity index (χ0n) is 27.1. The van der Waals surface area contributed by atoms with Crippen LogP contribution < -0.4 is 16.4 Å². The van der Waals surface area contributed by atoms with Crippen molar-refractivity contribution >= 4 is 50.1 Å². The van der Waals surface area contributed by atoms with Gasteiger partial charge in [0.25, 0.3) is 0 Å². The SMILES string of the molecule is CC.CC(C)(C)C(C(=O)NCC(=O)I)C(CCCC(C)(C)C(C)(C)C(C(=O)NC1CCC1)C(CCN)C(=O)O)C(=O)O. The fourth-order valence-corrected chi connectivity index (χ4v) is 6.05. The number of halogens is 1. The summed E-state index contributed by atoms with van der Waals surface area (Å²) in [6, 6.07) is 0.0560. The first-order valence-electron chi connectivity index (χ1n) is 15.2. The molecule has 244 valence electrons. The molecule has 1 rings (SSSR count). The van der Waals surface area contributed by atoms with Gasteiger partial charge < -0.3 is 26.6 Å². The second-order valence-electron chi connectivity index (χ2n) is 13.5. The molecule has 1 saturated carbocycles. The molecule has 0 spiro atoms. The Morgan fingerprint density at radius 3 is 1.74 bits per heavy atom. The Hall–Kier alpha value is -1.76. The number of nitrogens with one attached hydrogen (secondary N) is 2. The van der Waals surface area contributed by atoms with Crippen molar-refractivity contribution in [2.45, 2.75) is 113 Å². The minimum atomic E-state index is -1.08. The van der Waals surface area contributed by atoms with Gasteiger partial charge in [0, 0.05) is 28.6 Å². The number of nitrogens with two attached hydrogens (primary N) is 1. The van der Waals surface area contributed by atoms with Gasteiger partial charge in [-0.1, -0.05) is 68.7 Å². The second kappa shape index (κ2) is 17.5. The summed E-state index contributed by atoms with van der Waals surface area (Å²) in [4.78, 5) is 62.7. The quantitative estimate of drug-likeness (QED) is 0.103. The molecule has 4 unspecified atom stereocenters. The molecule has 42 heavy (non-hydrogen) atoms. The molecule has 6 N–H and O–H groups in total. The summed E-state index contributed by atoms with van der Waals surface area (Å²) in [6.07, 6.45) is 4.13. The van der Waals surface area contributed by atoms with Crippen molar-refractivity contribution in [3.63, 3.8) is 0 Å². The van der Waals surface area contributed by atoms with Crippen LogP contribution >= 0.6 is 22.6 Å². The van der Waals surface area contributed by atoms with Gasteiger partial charge in [-0.3, -0.25) is 24.0 Å². The number of carbonyl (C=O) groups is 5. The fraction of sp³-hybridized carbons (Fsp3) is 0.839. The van der Waals surface area contributed by atoms with E-state index in [1.54, 1.807) is 43.4 Å². The third-order valence-corrected chi connectivity index (χ3v) is 9.49. The first-order chi connectivity index (χ1) is 19.3. The van der Waals surface area contributed by atoms with Crippen molar-refractivity contribution in [1.29, 1.82) is 0 Å². The van der Waals surface area contributed by atoms with E-state index >= 15 is 0 Å². The van der Waals surface area contributed by atoms with Crippen molar-refractivity contribution in [1.82, 2.24) is 10.6 Å². The summed E-state index contributed by atoms with van der Waals surface area (Å²) in [5.41, 5.74) is 3.75. The molecule has 1 fully saturated rings. The van der Waals surface area contributed by atoms with E-state index in [9.17, 15) is 34.2 Å². The number of carboxylic acids is 2. The lowest BCUT2D eigenvalue weighted by Gasteiger charge is -2.49. The second-order valence-corrected chi connectivity index (χ2v) is 14.7. The Bertz CT molecular complexity index is 926. The maximum atomic E-state index is 13.6. The third-order valence-electron chi connectivity index (χ3n) is 9.11. The number of hydrogen-bond acceptors (Lipinski definition) is 6. The maximum absolute atomic E-state index is 13.6. The van der Waals surface area contributed by atoms with Crippen LogP contribution in [0, 0.1) is 39.9 Å². The largest absolute Gasteiger partial charge is 0.481 e. The van der Waals surface area contributed by atoms with E-state index in [4.69, 9.17) is 5.73 Å². The molecule has 0 bridgehead atoms. The fourth-order valence-electron chi connectivity index (χ4n) is 5.86. The zero-order chi connectivity index (χ0) is 33.1. The van der Waals surface area contributed by atoms with Gasteiger partial charge in [-0.05, 0) is 61.3 Å². The van der Waals surface area contributed by atoms with Crippen LogP contribution in [0.5, 0.6) is 0 Å². The van der Waals surface area contributed by atoms with Crippen LogP contribution in [0.1, 0.15) is 107 Å². The normalized spacial score (nSPS) is 16.9. The lowest BCUT2D eigenvalue weighted by molar-refractivity contribution is -0.155. The van der Waals surface area contributed by atoms with Crippen molar-refractivity contribution in [3.05, 3.63) is 0 Å². The smallest absolute Gasteiger partial charge is 0.307 e. The predicted molar refractivity (Wildman–Crippen MR) is 173 cm³/mol. The molecule has 0 saturated heterocycles. The standard InChI is InChI=1S/C29H50IN3O7.C2H6/c1-27(2,3)21(23(35)32-16-20(30)34)18(25(37)38)12-9-14-28(4,5)29(6,7)22(19(13-15-31)26(39)40)24(36)33-17-10-8-11-17;1-2/h17-19,21-22H,8-16,31H2,1-7H3,(H,32,35)(H,33,36)(H,37,38)(H,39,40);1-2H3. The highest BCUT2D eigenvalue weighted by Gasteiger charge is 2.51. The van der Waals surface area contributed by atoms with E-state index in [2.05, 4.69) is 10.6 Å². The summed E-state index contributed by atoms with van der Waals surface area (Å²) in [5, 5.41) is 25.8. The van der Waals surface area contributed by atoms with Crippen LogP contribution in [0.4, 0.5) is 0 Å². The van der Waals surface area contributed by atoms with Crippen molar-refractivity contribution < 1.29 is 34.2 Å². The predicted octanol–water partition coefficient (Wildman–Crippen LogP) is 5.01. The number of carboxylic acid groups (broad SMARTS) is 2. The van der Waals surface area contributed by atoms with E-state index in [-0.39, 0.29) is 41.7 Å². The molecule has 10 nitrogen and oxygen atoms in total. The van der Waals surface area contributed by atoms with Gasteiger partial charge >= 0.3 is 11.9 Å². The summed E-state index contributed by atoms with van der Waals surface area (Å²) < 4.78 is -0.250. The summed E-state index contributed by atoms with van der Waals surface area (Å²) in [5.74, 6) is -6.52. The molecule has 0 radical (unpaired) electrons. The molecule has 1 aliphatic carbocycles. The number of amides is 2. The van der Waals surface area contributed by atoms with Crippen LogP contribution in [-0.2, 0) is 24.0 Å². The van der Waals surface area contributed by atoms with Gasteiger partial charge in [0.15, 0.2) is 0 Å². The Morgan fingerprint density at radius 2 is 1.36 bits per heavy atom. The lowest BCUT2D eigenvalue weighted by Crippen LogP contribution is -2.54. The average molecular weight is 710 g/mol. The van der Waals surface area contributed by atoms with Crippen LogP contribution in [0.15, 0.2) is 0 Å². The van der Waals surface area contributed by atoms with E-state index in [1.807, 2.05) is 41.5 Å². The maximum Gasteiger partial charge on any atom is 0.307 e. The summed E-state index contributed by atoms with van der Waals surface area (Å²) in [7, 11) is 0. The monoisotopic (exact) mass is 709 g/mol. The number of aliphatic carboxylic acids is 2. The summed E-state index contributed by atoms with van der Waals surface area (Å²) in [6.45, 7) is 17.2. The van der Waals surface area contributed by atoms with Gasteiger partial charge in [-0.15, -0.1) is 0 Å². The van der Waals surface area contributed by atoms with Gasteiger partial charge in [-0.25, -0.2) is 0 Å². The molecule has 4 atom stereocenters. The lowest BCUT2D eigenvalue weighted by atomic mass is 9.55. The minimum Gasteiger partial charge on any atom is -0.481 e. The van der Waals surface area contributed by atoms with Crippen LogP contribution in [-0.4, -0.2) is 56.9 Å². The first kappa shape index (κ1) is 40.2. The molecule has 0 aromatic rings. The number of rotatable bonds is 17. The van der Waals surface area contributed by atoms with E-state index in [0.717, 1.165) is 19.3 Å². The van der Waals surface area contributed by atoms with E-state index in [0.29, 0.717) is 12.8 Å². The van der Waals surface area contributed by atoms with Gasteiger partial charge in [0.05, 0.1) is 30.2 Å². The van der Waals surface area contributed by atoms with E-state index < -0.39 is 57.8 Å². The molecule has 0 heterocycles. The minimum absolute atomic E-state index is 0.0560. The molecule has 1 aliphatic rings. The average Bonchev–Trinajstić information content (AvgIpc) is 2.83. The topological polar surface area (TPSA) is 176 Å². The van der Waals surface area contributed by atoms with Crippen LogP contribution in [0.3, 0.4) is 0 Å². The number of hydrogen-bond donors (Lipinski definition) is 5. The van der Waals surface area contributed by atoms with Crippen LogP contribution in [0.25, 0.3) is 0 Å². The Kier molecular flexibility index (Phi) is 16.8. The van der Waals surface area contributed by atoms with Crippen molar-refractivity contribution in [2.75, 3.05) is 13.1 Å². The van der Waals surface area contributed by atoms with E-state index in [1.165, 1.54) is 0 Å². The Morgan fingerprint density at radius 1 is 0.857 bits per heavy atom. The van der Waals surface area contributed by atoms with Crippen molar-refractivity contribution in [3.8, 4) is 0 Å². The molecule has 0 aromatic heterocycles. The van der Waals surface area contributed by atoms with Gasteiger partial charge in [-0.2, -0.15) is 0 Å². The molecule has 0 aromatic carbocycles. The molecular weight excluding hydrogens is 653 g/mol. The Labute approximate surface area is 266 Å². The van der Waals surface area contributed by atoms with Crippen molar-refractivity contribution in [2.24, 2.45) is 45.7 Å². The first-order valence-corrected chi connectivity index (χ1v) is 16.3. The summed E-state index contributed by atoms with van der Waals surface area (Å²) >= 11 is 1.58. The van der Waals surface area contributed by atoms with Crippen LogP contribution in [0.2, 0.25) is 0 Å². The highest BCUT2D eigenvalue weighted by Crippen LogP contribution is 2.51. The third kappa shape index (κ3) is 11.4. The van der Waals surface area contributed by atoms with Gasteiger partial charge in [0.2, 0.25) is 15.6 Å². The zero-order valence-corrected chi connectivity index (χ0v) is 29.3. The molecule has 0 aliphatic heterocycles. The highest BCUT2D eigenvalue weighted by atomic mass is 127. The Balaban J connectivity index is 0.00000821.